The Kier molecular flexibility index (Phi) is 12.8. The molecule has 0 radical (unpaired) electrons. The first-order valence-corrected chi connectivity index (χ1v) is 10.7. The highest BCUT2D eigenvalue weighted by molar-refractivity contribution is 5.83. The number of carbonyl (C=O) groups excluding carboxylic acids is 2. The number of hydrogen-bond donors (Lipinski definition) is 0. The highest BCUT2D eigenvalue weighted by Crippen LogP contribution is 2.16. The molecule has 0 fully saturated rings. The lowest BCUT2D eigenvalue weighted by Crippen LogP contribution is -2.23. The quantitative estimate of drug-likeness (QED) is 0.163. The summed E-state index contributed by atoms with van der Waals surface area (Å²) in [5.41, 5.74) is 0.0956. The number of carbonyl (C=O) groups is 2. The zero-order valence-corrected chi connectivity index (χ0v) is 19.2. The van der Waals surface area contributed by atoms with Crippen molar-refractivity contribution in [3.63, 3.8) is 0 Å². The third-order valence-corrected chi connectivity index (χ3v) is 3.97. The van der Waals surface area contributed by atoms with E-state index in [0.717, 1.165) is 37.7 Å². The number of allylic oxidation sites excluding steroid dienone is 3. The molecule has 0 aliphatic rings. The van der Waals surface area contributed by atoms with Crippen LogP contribution in [0.3, 0.4) is 0 Å². The van der Waals surface area contributed by atoms with Gasteiger partial charge in [0, 0.05) is 6.08 Å². The van der Waals surface area contributed by atoms with Gasteiger partial charge in [0.1, 0.15) is 5.60 Å². The van der Waals surface area contributed by atoms with Crippen LogP contribution in [0.2, 0.25) is 0 Å². The number of hydrogen-bond acceptors (Lipinski definition) is 4. The molecule has 28 heavy (non-hydrogen) atoms. The van der Waals surface area contributed by atoms with E-state index in [9.17, 15) is 9.59 Å². The van der Waals surface area contributed by atoms with Gasteiger partial charge in [0.15, 0.2) is 0 Å². The Morgan fingerprint density at radius 3 is 2.14 bits per heavy atom. The Morgan fingerprint density at radius 2 is 1.57 bits per heavy atom. The van der Waals surface area contributed by atoms with E-state index in [1.165, 1.54) is 19.3 Å². The molecular formula is C24H42O4. The lowest BCUT2D eigenvalue weighted by molar-refractivity contribution is -0.153. The van der Waals surface area contributed by atoms with E-state index in [1.54, 1.807) is 6.08 Å². The monoisotopic (exact) mass is 394 g/mol. The van der Waals surface area contributed by atoms with E-state index in [2.05, 4.69) is 13.0 Å². The highest BCUT2D eigenvalue weighted by atomic mass is 16.6. The van der Waals surface area contributed by atoms with Gasteiger partial charge in [0.05, 0.1) is 12.0 Å². The van der Waals surface area contributed by atoms with Crippen LogP contribution < -0.4 is 0 Å². The fraction of sp³-hybridized carbons (Fsp3) is 0.750. The van der Waals surface area contributed by atoms with E-state index >= 15 is 0 Å². The van der Waals surface area contributed by atoms with E-state index in [1.807, 2.05) is 47.6 Å². The average molecular weight is 395 g/mol. The van der Waals surface area contributed by atoms with Gasteiger partial charge >= 0.3 is 11.9 Å². The molecular weight excluding hydrogens is 352 g/mol. The fourth-order valence-corrected chi connectivity index (χ4v) is 2.42. The van der Waals surface area contributed by atoms with Crippen LogP contribution in [-0.2, 0) is 19.1 Å². The molecule has 0 bridgehead atoms. The van der Waals surface area contributed by atoms with Gasteiger partial charge in [0.2, 0.25) is 0 Å². The van der Waals surface area contributed by atoms with Crippen LogP contribution in [0.5, 0.6) is 0 Å². The van der Waals surface area contributed by atoms with E-state index in [-0.39, 0.29) is 11.9 Å². The normalized spacial score (nSPS) is 13.0. The van der Waals surface area contributed by atoms with Crippen LogP contribution in [0, 0.1) is 5.41 Å². The molecule has 0 aliphatic heterocycles. The lowest BCUT2D eigenvalue weighted by atomic mass is 9.97. The Morgan fingerprint density at radius 1 is 0.893 bits per heavy atom. The summed E-state index contributed by atoms with van der Waals surface area (Å²) in [6, 6.07) is 0. The van der Waals surface area contributed by atoms with Crippen molar-refractivity contribution < 1.29 is 19.1 Å². The molecule has 0 aliphatic carbocycles. The van der Waals surface area contributed by atoms with Crippen LogP contribution >= 0.6 is 0 Å². The number of ether oxygens (including phenoxy) is 2. The Bertz CT molecular complexity index is 516. The summed E-state index contributed by atoms with van der Waals surface area (Å²) < 4.78 is 10.7. The third-order valence-electron chi connectivity index (χ3n) is 3.97. The van der Waals surface area contributed by atoms with Crippen LogP contribution in [-0.4, -0.2) is 24.1 Å². The fourth-order valence-electron chi connectivity index (χ4n) is 2.42. The minimum atomic E-state index is -0.477. The van der Waals surface area contributed by atoms with E-state index < -0.39 is 11.0 Å². The first kappa shape index (κ1) is 26.4. The minimum Gasteiger partial charge on any atom is -0.465 e. The Labute approximate surface area is 172 Å². The van der Waals surface area contributed by atoms with Gasteiger partial charge in [-0.05, 0) is 79.2 Å². The Hall–Kier alpha value is -1.58. The molecule has 0 spiro atoms. The summed E-state index contributed by atoms with van der Waals surface area (Å²) in [6.07, 6.45) is 14.0. The maximum Gasteiger partial charge on any atom is 0.331 e. The van der Waals surface area contributed by atoms with Crippen molar-refractivity contribution >= 4 is 11.9 Å². The maximum absolute atomic E-state index is 12.1. The molecule has 0 atom stereocenters. The SMILES string of the molecule is CCCCCCC(/C=C/CCCCOC(=O)C(C)(C)C)=C\C(=O)OC(C)(C)C. The molecule has 0 saturated heterocycles. The van der Waals surface area contributed by atoms with Crippen LogP contribution in [0.25, 0.3) is 0 Å². The van der Waals surface area contributed by atoms with Crippen molar-refractivity contribution in [1.82, 2.24) is 0 Å². The summed E-state index contributed by atoms with van der Waals surface area (Å²) in [6.45, 7) is 13.9. The second-order valence-electron chi connectivity index (χ2n) is 9.35. The summed E-state index contributed by atoms with van der Waals surface area (Å²) in [5.74, 6) is -0.436. The standard InChI is InChI=1S/C24H42O4/c1-8-9-10-13-16-20(19-21(25)28-24(5,6)7)17-14-11-12-15-18-27-22(26)23(2,3)4/h14,17,19H,8-13,15-16,18H2,1-7H3/b17-14+,20-19+. The number of rotatable bonds is 12. The molecule has 0 aromatic rings. The summed E-state index contributed by atoms with van der Waals surface area (Å²) in [5, 5.41) is 0. The third kappa shape index (κ3) is 15.5. The van der Waals surface area contributed by atoms with Crippen molar-refractivity contribution in [2.24, 2.45) is 5.41 Å². The van der Waals surface area contributed by atoms with Crippen LogP contribution in [0.15, 0.2) is 23.8 Å². The van der Waals surface area contributed by atoms with Crippen molar-refractivity contribution in [1.29, 1.82) is 0 Å². The second kappa shape index (κ2) is 13.6. The van der Waals surface area contributed by atoms with Gasteiger partial charge in [-0.2, -0.15) is 0 Å². The molecule has 4 nitrogen and oxygen atoms in total. The first-order chi connectivity index (χ1) is 13.0. The van der Waals surface area contributed by atoms with Gasteiger partial charge in [-0.1, -0.05) is 38.3 Å². The molecule has 0 unspecified atom stereocenters. The van der Waals surface area contributed by atoms with Gasteiger partial charge in [-0.25, -0.2) is 4.79 Å². The minimum absolute atomic E-state index is 0.155. The predicted molar refractivity (Wildman–Crippen MR) is 116 cm³/mol. The summed E-state index contributed by atoms with van der Waals surface area (Å²) >= 11 is 0. The summed E-state index contributed by atoms with van der Waals surface area (Å²) in [4.78, 5) is 23.8. The molecule has 0 aromatic heterocycles. The molecule has 0 rings (SSSR count). The summed E-state index contributed by atoms with van der Waals surface area (Å²) in [7, 11) is 0. The zero-order valence-electron chi connectivity index (χ0n) is 19.2. The molecule has 0 heterocycles. The van der Waals surface area contributed by atoms with Gasteiger partial charge < -0.3 is 9.47 Å². The van der Waals surface area contributed by atoms with Crippen LogP contribution in [0.1, 0.15) is 99.8 Å². The molecule has 4 heteroatoms. The molecule has 0 N–H and O–H groups in total. The van der Waals surface area contributed by atoms with Gasteiger partial charge in [-0.3, -0.25) is 4.79 Å². The topological polar surface area (TPSA) is 52.6 Å². The average Bonchev–Trinajstić information content (AvgIpc) is 2.54. The lowest BCUT2D eigenvalue weighted by Gasteiger charge is -2.18. The highest BCUT2D eigenvalue weighted by Gasteiger charge is 2.22. The van der Waals surface area contributed by atoms with Gasteiger partial charge in [0.25, 0.3) is 0 Å². The van der Waals surface area contributed by atoms with Crippen molar-refractivity contribution in [3.8, 4) is 0 Å². The van der Waals surface area contributed by atoms with E-state index in [0.29, 0.717) is 6.61 Å². The number of unbranched alkanes of at least 4 members (excludes halogenated alkanes) is 5. The smallest absolute Gasteiger partial charge is 0.331 e. The molecule has 162 valence electrons. The predicted octanol–water partition coefficient (Wildman–Crippen LogP) is 6.54. The second-order valence-corrected chi connectivity index (χ2v) is 9.35. The Balaban J connectivity index is 4.44. The van der Waals surface area contributed by atoms with Crippen molar-refractivity contribution in [3.05, 3.63) is 23.8 Å². The maximum atomic E-state index is 12.1. The number of esters is 2. The van der Waals surface area contributed by atoms with Crippen LogP contribution in [0.4, 0.5) is 0 Å². The largest absolute Gasteiger partial charge is 0.465 e. The first-order valence-electron chi connectivity index (χ1n) is 10.7. The van der Waals surface area contributed by atoms with Crippen molar-refractivity contribution in [2.75, 3.05) is 6.61 Å². The molecule has 0 aromatic carbocycles. The molecule has 0 saturated carbocycles. The zero-order chi connectivity index (χ0) is 21.6. The van der Waals surface area contributed by atoms with Gasteiger partial charge in [-0.15, -0.1) is 0 Å². The molecule has 0 amide bonds. The van der Waals surface area contributed by atoms with Crippen molar-refractivity contribution in [2.45, 2.75) is 105 Å². The van der Waals surface area contributed by atoms with E-state index in [4.69, 9.17) is 9.47 Å².